The summed E-state index contributed by atoms with van der Waals surface area (Å²) in [5, 5.41) is 27.1. The van der Waals surface area contributed by atoms with Crippen LogP contribution in [0, 0.1) is 5.92 Å². The standard InChI is InChI=1S/C22H29ClN4O6/c1-33-13-16(28)12-26-20(30)11-25-27(22(26)32)15-7-8-18(23)17(9-15)21(31)24-10-14-5-3-2-4-6-19(14)29/h7-9,11,14,16,19,28-29H,2-6,10,12-13H2,1H3,(H,24,31)/t14?,16-,19-/m1/s1. The van der Waals surface area contributed by atoms with Crippen LogP contribution < -0.4 is 16.6 Å². The van der Waals surface area contributed by atoms with Crippen molar-refractivity contribution in [3.8, 4) is 5.69 Å². The van der Waals surface area contributed by atoms with Crippen LogP contribution in [0.3, 0.4) is 0 Å². The zero-order chi connectivity index (χ0) is 24.0. The van der Waals surface area contributed by atoms with Gasteiger partial charge in [0.15, 0.2) is 0 Å². The smallest absolute Gasteiger partial charge is 0.352 e. The Bertz CT molecular complexity index is 1090. The maximum absolute atomic E-state index is 12.8. The minimum absolute atomic E-state index is 0.0234. The van der Waals surface area contributed by atoms with Crippen molar-refractivity contribution in [1.82, 2.24) is 19.7 Å². The number of aliphatic hydroxyl groups excluding tert-OH is 2. The molecule has 10 nitrogen and oxygen atoms in total. The van der Waals surface area contributed by atoms with Gasteiger partial charge in [-0.15, -0.1) is 0 Å². The molecule has 1 saturated carbocycles. The number of aromatic nitrogens is 3. The Labute approximate surface area is 195 Å². The van der Waals surface area contributed by atoms with Crippen LogP contribution in [-0.2, 0) is 11.3 Å². The number of carbonyl (C=O) groups is 1. The summed E-state index contributed by atoms with van der Waals surface area (Å²) in [7, 11) is 1.40. The van der Waals surface area contributed by atoms with E-state index in [2.05, 4.69) is 10.4 Å². The van der Waals surface area contributed by atoms with E-state index in [1.54, 1.807) is 0 Å². The molecule has 3 N–H and O–H groups in total. The molecule has 1 aromatic carbocycles. The molecule has 0 aliphatic heterocycles. The molecular formula is C22H29ClN4O6. The molecule has 1 unspecified atom stereocenters. The van der Waals surface area contributed by atoms with Gasteiger partial charge in [-0.25, -0.2) is 4.79 Å². The van der Waals surface area contributed by atoms with Crippen molar-refractivity contribution in [3.63, 3.8) is 0 Å². The molecule has 1 fully saturated rings. The lowest BCUT2D eigenvalue weighted by Crippen LogP contribution is -2.43. The topological polar surface area (TPSA) is 136 Å². The number of carbonyl (C=O) groups excluding carboxylic acids is 1. The van der Waals surface area contributed by atoms with Gasteiger partial charge in [0.05, 0.1) is 41.6 Å². The van der Waals surface area contributed by atoms with Crippen LogP contribution in [0.5, 0.6) is 0 Å². The Balaban J connectivity index is 1.83. The number of nitrogens with zero attached hydrogens (tertiary/aromatic N) is 3. The van der Waals surface area contributed by atoms with Gasteiger partial charge in [-0.3, -0.25) is 14.2 Å². The minimum atomic E-state index is -1.05. The quantitative estimate of drug-likeness (QED) is 0.474. The molecule has 1 aromatic heterocycles. The lowest BCUT2D eigenvalue weighted by Gasteiger charge is -2.21. The van der Waals surface area contributed by atoms with E-state index in [1.807, 2.05) is 0 Å². The number of benzene rings is 1. The van der Waals surface area contributed by atoms with Crippen molar-refractivity contribution in [2.75, 3.05) is 20.3 Å². The minimum Gasteiger partial charge on any atom is -0.393 e. The van der Waals surface area contributed by atoms with Gasteiger partial charge in [0.25, 0.3) is 11.5 Å². The lowest BCUT2D eigenvalue weighted by molar-refractivity contribution is 0.0519. The number of hydrogen-bond donors (Lipinski definition) is 3. The van der Waals surface area contributed by atoms with Gasteiger partial charge in [0, 0.05) is 19.6 Å². The van der Waals surface area contributed by atoms with Crippen molar-refractivity contribution in [3.05, 3.63) is 55.8 Å². The normalized spacial score (nSPS) is 19.6. The average molecular weight is 481 g/mol. The second-order valence-corrected chi connectivity index (χ2v) is 8.64. The second kappa shape index (κ2) is 11.6. The molecule has 0 radical (unpaired) electrons. The Hall–Kier alpha value is -2.53. The number of hydrogen-bond acceptors (Lipinski definition) is 7. The number of methoxy groups -OCH3 is 1. The first-order valence-corrected chi connectivity index (χ1v) is 11.3. The number of halogens is 1. The Morgan fingerprint density at radius 2 is 2.06 bits per heavy atom. The van der Waals surface area contributed by atoms with Gasteiger partial charge in [0.2, 0.25) is 0 Å². The predicted octanol–water partition coefficient (Wildman–Crippen LogP) is 0.726. The Morgan fingerprint density at radius 1 is 1.30 bits per heavy atom. The molecule has 1 aliphatic rings. The third kappa shape index (κ3) is 6.29. The molecule has 1 heterocycles. The molecule has 0 bridgehead atoms. The predicted molar refractivity (Wildman–Crippen MR) is 122 cm³/mol. The monoisotopic (exact) mass is 480 g/mol. The highest BCUT2D eigenvalue weighted by atomic mass is 35.5. The fourth-order valence-electron chi connectivity index (χ4n) is 3.98. The summed E-state index contributed by atoms with van der Waals surface area (Å²) in [6, 6.07) is 4.38. The Morgan fingerprint density at radius 3 is 2.82 bits per heavy atom. The molecule has 3 rings (SSSR count). The van der Waals surface area contributed by atoms with Crippen LogP contribution in [-0.4, -0.2) is 62.9 Å². The molecule has 2 aromatic rings. The molecule has 1 aliphatic carbocycles. The van der Waals surface area contributed by atoms with E-state index in [9.17, 15) is 24.6 Å². The summed E-state index contributed by atoms with van der Waals surface area (Å²) in [5.41, 5.74) is -1.06. The SMILES string of the molecule is COC[C@H](O)Cn1c(=O)cnn(-c2ccc(Cl)c(C(=O)NCC3CCCCC[C@H]3O)c2)c1=O. The number of aliphatic hydroxyl groups is 2. The summed E-state index contributed by atoms with van der Waals surface area (Å²) in [6.45, 7) is 0.00878. The van der Waals surface area contributed by atoms with Crippen molar-refractivity contribution < 1.29 is 19.7 Å². The molecule has 0 spiro atoms. The highest BCUT2D eigenvalue weighted by molar-refractivity contribution is 6.33. The van der Waals surface area contributed by atoms with Gasteiger partial charge >= 0.3 is 5.69 Å². The maximum Gasteiger partial charge on any atom is 0.352 e. The van der Waals surface area contributed by atoms with Crippen LogP contribution >= 0.6 is 11.6 Å². The number of amides is 1. The molecule has 180 valence electrons. The highest BCUT2D eigenvalue weighted by Crippen LogP contribution is 2.24. The number of nitrogens with one attached hydrogen (secondary N) is 1. The molecule has 1 amide bonds. The molecule has 33 heavy (non-hydrogen) atoms. The summed E-state index contributed by atoms with van der Waals surface area (Å²) < 4.78 is 6.65. The van der Waals surface area contributed by atoms with E-state index in [-0.39, 0.29) is 35.3 Å². The van der Waals surface area contributed by atoms with E-state index in [4.69, 9.17) is 16.3 Å². The third-order valence-corrected chi connectivity index (χ3v) is 6.13. The van der Waals surface area contributed by atoms with Crippen molar-refractivity contribution in [2.24, 2.45) is 5.92 Å². The van der Waals surface area contributed by atoms with E-state index < -0.39 is 29.4 Å². The molecule has 0 saturated heterocycles. The van der Waals surface area contributed by atoms with Gasteiger partial charge in [0.1, 0.15) is 6.20 Å². The fourth-order valence-corrected chi connectivity index (χ4v) is 4.18. The van der Waals surface area contributed by atoms with Gasteiger partial charge < -0.3 is 20.3 Å². The summed E-state index contributed by atoms with van der Waals surface area (Å²) in [6.07, 6.45) is 4.08. The van der Waals surface area contributed by atoms with Crippen LogP contribution in [0.1, 0.15) is 42.5 Å². The van der Waals surface area contributed by atoms with E-state index in [0.717, 1.165) is 47.5 Å². The second-order valence-electron chi connectivity index (χ2n) is 8.24. The maximum atomic E-state index is 12.8. The van der Waals surface area contributed by atoms with Crippen molar-refractivity contribution in [2.45, 2.75) is 50.9 Å². The summed E-state index contributed by atoms with van der Waals surface area (Å²) in [5.74, 6) is -0.458. The van der Waals surface area contributed by atoms with E-state index in [1.165, 1.54) is 25.3 Å². The third-order valence-electron chi connectivity index (χ3n) is 5.80. The largest absolute Gasteiger partial charge is 0.393 e. The van der Waals surface area contributed by atoms with Crippen molar-refractivity contribution in [1.29, 1.82) is 0 Å². The average Bonchev–Trinajstić information content (AvgIpc) is 2.99. The number of ether oxygens (including phenoxy) is 1. The number of rotatable bonds is 8. The van der Waals surface area contributed by atoms with Gasteiger partial charge in [-0.05, 0) is 31.0 Å². The first-order valence-electron chi connectivity index (χ1n) is 10.9. The van der Waals surface area contributed by atoms with Crippen molar-refractivity contribution >= 4 is 17.5 Å². The van der Waals surface area contributed by atoms with Crippen LogP contribution in [0.15, 0.2) is 34.0 Å². The lowest BCUT2D eigenvalue weighted by atomic mass is 9.97. The highest BCUT2D eigenvalue weighted by Gasteiger charge is 2.23. The first-order chi connectivity index (χ1) is 15.8. The van der Waals surface area contributed by atoms with Crippen LogP contribution in [0.25, 0.3) is 5.69 Å². The van der Waals surface area contributed by atoms with Crippen LogP contribution in [0.2, 0.25) is 5.02 Å². The Kier molecular flexibility index (Phi) is 8.79. The van der Waals surface area contributed by atoms with Gasteiger partial charge in [-0.1, -0.05) is 30.9 Å². The first kappa shape index (κ1) is 25.1. The molecule has 3 atom stereocenters. The zero-order valence-corrected chi connectivity index (χ0v) is 19.2. The van der Waals surface area contributed by atoms with Crippen LogP contribution in [0.4, 0.5) is 0 Å². The fraction of sp³-hybridized carbons (Fsp3) is 0.545. The molecular weight excluding hydrogens is 452 g/mol. The summed E-state index contributed by atoms with van der Waals surface area (Å²) >= 11 is 6.23. The zero-order valence-electron chi connectivity index (χ0n) is 18.4. The van der Waals surface area contributed by atoms with Gasteiger partial charge in [-0.2, -0.15) is 9.78 Å². The summed E-state index contributed by atoms with van der Waals surface area (Å²) in [4.78, 5) is 37.8. The van der Waals surface area contributed by atoms with E-state index >= 15 is 0 Å². The van der Waals surface area contributed by atoms with E-state index in [0.29, 0.717) is 6.54 Å². The molecule has 11 heteroatoms.